The summed E-state index contributed by atoms with van der Waals surface area (Å²) in [5.74, 6) is 1.74. The third kappa shape index (κ3) is 2.26. The highest BCUT2D eigenvalue weighted by atomic mass is 16.5. The molecule has 0 amide bonds. The Hall–Kier alpha value is -2.08. The van der Waals surface area contributed by atoms with E-state index in [2.05, 4.69) is 10.1 Å². The number of hydrogen-bond acceptors (Lipinski definition) is 6. The molecule has 1 N–H and O–H groups in total. The van der Waals surface area contributed by atoms with Crippen LogP contribution in [0.5, 0.6) is 11.5 Å². The Kier molecular flexibility index (Phi) is 3.08. The summed E-state index contributed by atoms with van der Waals surface area (Å²) >= 11 is 0. The van der Waals surface area contributed by atoms with Crippen LogP contribution in [0, 0.1) is 0 Å². The molecule has 100 valence electrons. The first-order valence-electron chi connectivity index (χ1n) is 6.06. The second kappa shape index (κ2) is 4.89. The number of benzene rings is 1. The van der Waals surface area contributed by atoms with E-state index in [1.807, 2.05) is 0 Å². The number of aromatic nitrogens is 2. The maximum Gasteiger partial charge on any atom is 0.258 e. The molecule has 1 aliphatic rings. The van der Waals surface area contributed by atoms with Gasteiger partial charge in [-0.2, -0.15) is 4.98 Å². The van der Waals surface area contributed by atoms with E-state index in [0.717, 1.165) is 13.0 Å². The van der Waals surface area contributed by atoms with Gasteiger partial charge >= 0.3 is 0 Å². The molecule has 1 aliphatic heterocycles. The number of phenols is 1. The normalized spacial score (nSPS) is 18.7. The average Bonchev–Trinajstić information content (AvgIpc) is 3.10. The maximum absolute atomic E-state index is 9.55. The molecule has 1 fully saturated rings. The van der Waals surface area contributed by atoms with Crippen LogP contribution in [0.25, 0.3) is 11.5 Å². The van der Waals surface area contributed by atoms with Gasteiger partial charge in [0, 0.05) is 18.1 Å². The van der Waals surface area contributed by atoms with E-state index in [0.29, 0.717) is 29.6 Å². The van der Waals surface area contributed by atoms with Gasteiger partial charge in [0.05, 0.1) is 13.7 Å². The van der Waals surface area contributed by atoms with E-state index in [1.165, 1.54) is 13.2 Å². The van der Waals surface area contributed by atoms with Crippen molar-refractivity contribution in [2.45, 2.75) is 12.3 Å². The molecule has 0 aliphatic carbocycles. The first-order chi connectivity index (χ1) is 9.28. The summed E-state index contributed by atoms with van der Waals surface area (Å²) in [6.45, 7) is 1.37. The zero-order chi connectivity index (χ0) is 13.2. The van der Waals surface area contributed by atoms with E-state index in [-0.39, 0.29) is 11.7 Å². The summed E-state index contributed by atoms with van der Waals surface area (Å²) in [5, 5.41) is 13.5. The van der Waals surface area contributed by atoms with Crippen molar-refractivity contribution < 1.29 is 19.1 Å². The highest BCUT2D eigenvalue weighted by molar-refractivity contribution is 5.59. The smallest absolute Gasteiger partial charge is 0.258 e. The number of aromatic hydroxyl groups is 1. The second-order valence-electron chi connectivity index (χ2n) is 4.40. The fraction of sp³-hybridized carbons (Fsp3) is 0.385. The van der Waals surface area contributed by atoms with Crippen LogP contribution in [0.4, 0.5) is 0 Å². The molecule has 6 nitrogen and oxygen atoms in total. The lowest BCUT2D eigenvalue weighted by Crippen LogP contribution is -1.99. The van der Waals surface area contributed by atoms with E-state index >= 15 is 0 Å². The van der Waals surface area contributed by atoms with Crippen molar-refractivity contribution in [3.8, 4) is 23.0 Å². The maximum atomic E-state index is 9.55. The van der Waals surface area contributed by atoms with Crippen molar-refractivity contribution in [2.75, 3.05) is 20.3 Å². The molecule has 3 rings (SSSR count). The Labute approximate surface area is 110 Å². The van der Waals surface area contributed by atoms with Crippen LogP contribution in [0.2, 0.25) is 0 Å². The van der Waals surface area contributed by atoms with Crippen molar-refractivity contribution in [2.24, 2.45) is 0 Å². The van der Waals surface area contributed by atoms with Gasteiger partial charge in [-0.25, -0.2) is 0 Å². The van der Waals surface area contributed by atoms with Gasteiger partial charge in [-0.05, 0) is 24.6 Å². The summed E-state index contributed by atoms with van der Waals surface area (Å²) in [6, 6.07) is 4.91. The summed E-state index contributed by atoms with van der Waals surface area (Å²) in [5.41, 5.74) is 0.715. The molecule has 1 atom stereocenters. The van der Waals surface area contributed by atoms with Gasteiger partial charge in [0.25, 0.3) is 5.89 Å². The zero-order valence-electron chi connectivity index (χ0n) is 10.5. The predicted octanol–water partition coefficient (Wildman–Crippen LogP) is 1.95. The second-order valence-corrected chi connectivity index (χ2v) is 4.40. The van der Waals surface area contributed by atoms with Crippen molar-refractivity contribution in [3.05, 3.63) is 24.0 Å². The minimum absolute atomic E-state index is 0.0789. The van der Waals surface area contributed by atoms with Crippen LogP contribution in [0.3, 0.4) is 0 Å². The Morgan fingerprint density at radius 3 is 3.05 bits per heavy atom. The lowest BCUT2D eigenvalue weighted by Gasteiger charge is -2.03. The fourth-order valence-electron chi connectivity index (χ4n) is 2.07. The van der Waals surface area contributed by atoms with Crippen LogP contribution in [-0.2, 0) is 4.74 Å². The van der Waals surface area contributed by atoms with E-state index < -0.39 is 0 Å². The quantitative estimate of drug-likeness (QED) is 0.911. The predicted molar refractivity (Wildman–Crippen MR) is 66.1 cm³/mol. The van der Waals surface area contributed by atoms with Gasteiger partial charge in [0.2, 0.25) is 0 Å². The summed E-state index contributed by atoms with van der Waals surface area (Å²) in [4.78, 5) is 4.37. The fourth-order valence-corrected chi connectivity index (χ4v) is 2.07. The highest BCUT2D eigenvalue weighted by Crippen LogP contribution is 2.31. The van der Waals surface area contributed by atoms with Crippen molar-refractivity contribution >= 4 is 0 Å². The largest absolute Gasteiger partial charge is 0.504 e. The molecule has 0 bridgehead atoms. The summed E-state index contributed by atoms with van der Waals surface area (Å²) in [6.07, 6.45) is 0.915. The third-order valence-corrected chi connectivity index (χ3v) is 3.16. The zero-order valence-corrected chi connectivity index (χ0v) is 10.5. The highest BCUT2D eigenvalue weighted by Gasteiger charge is 2.23. The van der Waals surface area contributed by atoms with Gasteiger partial charge in [-0.3, -0.25) is 0 Å². The molecule has 2 heterocycles. The molecule has 2 aromatic rings. The molecule has 0 unspecified atom stereocenters. The van der Waals surface area contributed by atoms with Crippen LogP contribution in [-0.4, -0.2) is 35.6 Å². The number of nitrogens with zero attached hydrogens (tertiary/aromatic N) is 2. The molecule has 1 saturated heterocycles. The van der Waals surface area contributed by atoms with Crippen molar-refractivity contribution in [3.63, 3.8) is 0 Å². The molecule has 1 aromatic heterocycles. The minimum atomic E-state index is 0.0789. The van der Waals surface area contributed by atoms with Gasteiger partial charge < -0.3 is 19.1 Å². The third-order valence-electron chi connectivity index (χ3n) is 3.16. The number of phenolic OH excluding ortho intramolecular Hbond substituents is 1. The number of ether oxygens (including phenoxy) is 2. The lowest BCUT2D eigenvalue weighted by atomic mass is 10.1. The summed E-state index contributed by atoms with van der Waals surface area (Å²) in [7, 11) is 1.49. The van der Waals surface area contributed by atoms with Gasteiger partial charge in [-0.1, -0.05) is 5.16 Å². The average molecular weight is 262 g/mol. The molecular formula is C13H14N2O4. The first-order valence-corrected chi connectivity index (χ1v) is 6.06. The van der Waals surface area contributed by atoms with Gasteiger partial charge in [0.15, 0.2) is 17.3 Å². The number of rotatable bonds is 3. The van der Waals surface area contributed by atoms with E-state index in [4.69, 9.17) is 14.0 Å². The molecule has 1 aromatic carbocycles. The van der Waals surface area contributed by atoms with Crippen LogP contribution in [0.1, 0.15) is 18.2 Å². The van der Waals surface area contributed by atoms with Crippen molar-refractivity contribution in [1.29, 1.82) is 0 Å². The van der Waals surface area contributed by atoms with E-state index in [1.54, 1.807) is 12.1 Å². The van der Waals surface area contributed by atoms with Crippen LogP contribution < -0.4 is 4.74 Å². The van der Waals surface area contributed by atoms with E-state index in [9.17, 15) is 5.11 Å². The standard InChI is InChI=1S/C13H14N2O4/c1-17-11-6-8(2-3-10(11)16)13-14-12(15-19-13)9-4-5-18-7-9/h2-3,6,9,16H,4-5,7H2,1H3/t9-/m0/s1. The molecule has 0 saturated carbocycles. The molecule has 0 radical (unpaired) electrons. The van der Waals surface area contributed by atoms with Gasteiger partial charge in [-0.15, -0.1) is 0 Å². The minimum Gasteiger partial charge on any atom is -0.504 e. The Bertz CT molecular complexity index is 576. The Balaban J connectivity index is 1.89. The van der Waals surface area contributed by atoms with Crippen LogP contribution in [0.15, 0.2) is 22.7 Å². The van der Waals surface area contributed by atoms with Gasteiger partial charge in [0.1, 0.15) is 0 Å². The summed E-state index contributed by atoms with van der Waals surface area (Å²) < 4.78 is 15.6. The van der Waals surface area contributed by atoms with Crippen LogP contribution >= 0.6 is 0 Å². The number of hydrogen-bond donors (Lipinski definition) is 1. The Morgan fingerprint density at radius 1 is 1.42 bits per heavy atom. The molecule has 6 heteroatoms. The lowest BCUT2D eigenvalue weighted by molar-refractivity contribution is 0.192. The SMILES string of the molecule is COc1cc(-c2nc([C@H]3CCOC3)no2)ccc1O. The molecule has 19 heavy (non-hydrogen) atoms. The topological polar surface area (TPSA) is 77.6 Å². The Morgan fingerprint density at radius 2 is 2.32 bits per heavy atom. The molecule has 0 spiro atoms. The first kappa shape index (κ1) is 12.0. The number of methoxy groups -OCH3 is 1. The monoisotopic (exact) mass is 262 g/mol. The van der Waals surface area contributed by atoms with Crippen molar-refractivity contribution in [1.82, 2.24) is 10.1 Å². The molecular weight excluding hydrogens is 248 g/mol.